The van der Waals surface area contributed by atoms with Gasteiger partial charge in [0.15, 0.2) is 5.65 Å². The van der Waals surface area contributed by atoms with Crippen molar-refractivity contribution >= 4 is 22.6 Å². The topological polar surface area (TPSA) is 86.0 Å². The lowest BCUT2D eigenvalue weighted by molar-refractivity contribution is -0.121. The monoisotopic (exact) mass is 400 g/mol. The van der Waals surface area contributed by atoms with Crippen molar-refractivity contribution in [3.05, 3.63) is 32.6 Å². The van der Waals surface area contributed by atoms with Crippen LogP contribution in [0.3, 0.4) is 0 Å². The van der Waals surface area contributed by atoms with Crippen LogP contribution in [0.4, 0.5) is 5.69 Å². The van der Waals surface area contributed by atoms with Crippen molar-refractivity contribution < 1.29 is 4.79 Å². The zero-order valence-electron chi connectivity index (χ0n) is 18.0. The first-order valence-electron chi connectivity index (χ1n) is 10.8. The number of hydrogen-bond acceptors (Lipinski definition) is 4. The van der Waals surface area contributed by atoms with Gasteiger partial charge in [-0.15, -0.1) is 0 Å². The second-order valence-corrected chi connectivity index (χ2v) is 8.27. The van der Waals surface area contributed by atoms with Crippen molar-refractivity contribution in [2.75, 3.05) is 5.32 Å². The molecule has 1 N–H and O–H groups in total. The maximum Gasteiger partial charge on any atom is 0.332 e. The molecule has 0 atom stereocenters. The van der Waals surface area contributed by atoms with Crippen LogP contribution in [0.1, 0.15) is 64.4 Å². The van der Waals surface area contributed by atoms with E-state index < -0.39 is 11.2 Å². The number of rotatable bonds is 6. The lowest BCUT2D eigenvalue weighted by Gasteiger charge is -2.28. The van der Waals surface area contributed by atoms with E-state index in [1.165, 1.54) is 30.9 Å². The number of aryl methyl sites for hydroxylation is 2. The summed E-state index contributed by atoms with van der Waals surface area (Å²) in [6, 6.07) is 0. The van der Waals surface area contributed by atoms with Crippen molar-refractivity contribution in [2.24, 2.45) is 25.9 Å². The Morgan fingerprint density at radius 3 is 2.45 bits per heavy atom. The van der Waals surface area contributed by atoms with Crippen LogP contribution in [0.2, 0.25) is 0 Å². The third-order valence-corrected chi connectivity index (χ3v) is 6.36. The normalized spacial score (nSPS) is 19.4. The Bertz CT molecular complexity index is 1010. The molecule has 2 aromatic heterocycles. The summed E-state index contributed by atoms with van der Waals surface area (Å²) < 4.78 is 2.42. The Balaban J connectivity index is 1.91. The van der Waals surface area contributed by atoms with Crippen LogP contribution in [0, 0.1) is 11.8 Å². The average Bonchev–Trinajstić information content (AvgIpc) is 2.74. The molecule has 1 amide bonds. The summed E-state index contributed by atoms with van der Waals surface area (Å²) in [6.45, 7) is 4.17. The number of pyridine rings is 1. The van der Waals surface area contributed by atoms with E-state index >= 15 is 0 Å². The third-order valence-electron chi connectivity index (χ3n) is 6.36. The summed E-state index contributed by atoms with van der Waals surface area (Å²) in [6.07, 6.45) is 9.97. The van der Waals surface area contributed by atoms with Crippen molar-refractivity contribution in [3.63, 3.8) is 0 Å². The number of unbranched alkanes of at least 4 members (excludes halogenated alkanes) is 1. The molecule has 3 rings (SSSR count). The van der Waals surface area contributed by atoms with Crippen molar-refractivity contribution in [3.8, 4) is 0 Å². The molecule has 2 heterocycles. The largest absolute Gasteiger partial charge is 0.332 e. The number of fused-ring (bicyclic) bond motifs is 1. The number of hydrogen-bond donors (Lipinski definition) is 1. The zero-order chi connectivity index (χ0) is 21.1. The van der Waals surface area contributed by atoms with Gasteiger partial charge in [-0.25, -0.2) is 9.78 Å². The van der Waals surface area contributed by atoms with Gasteiger partial charge in [-0.2, -0.15) is 0 Å². The first-order valence-corrected chi connectivity index (χ1v) is 10.8. The molecule has 0 unspecified atom stereocenters. The summed E-state index contributed by atoms with van der Waals surface area (Å²) in [5, 5.41) is 3.34. The molecule has 7 heteroatoms. The van der Waals surface area contributed by atoms with Gasteiger partial charge in [0.1, 0.15) is 5.39 Å². The van der Waals surface area contributed by atoms with Crippen molar-refractivity contribution in [2.45, 2.75) is 65.2 Å². The fourth-order valence-corrected chi connectivity index (χ4v) is 4.41. The Morgan fingerprint density at radius 2 is 1.83 bits per heavy atom. The minimum Gasteiger partial charge on any atom is -0.325 e. The van der Waals surface area contributed by atoms with Crippen LogP contribution in [0.15, 0.2) is 15.8 Å². The maximum absolute atomic E-state index is 13.0. The molecule has 1 aliphatic rings. The first kappa shape index (κ1) is 21.3. The van der Waals surface area contributed by atoms with Crippen LogP contribution in [-0.4, -0.2) is 20.0 Å². The van der Waals surface area contributed by atoms with Crippen LogP contribution in [0.25, 0.3) is 11.0 Å². The highest BCUT2D eigenvalue weighted by atomic mass is 16.2. The highest BCUT2D eigenvalue weighted by molar-refractivity contribution is 6.01. The molecule has 0 aromatic carbocycles. The minimum atomic E-state index is -0.429. The fourth-order valence-electron chi connectivity index (χ4n) is 4.41. The molecule has 1 saturated carbocycles. The van der Waals surface area contributed by atoms with E-state index in [1.807, 2.05) is 6.92 Å². The lowest BCUT2D eigenvalue weighted by Crippen LogP contribution is -2.38. The van der Waals surface area contributed by atoms with Crippen molar-refractivity contribution in [1.29, 1.82) is 0 Å². The Labute approximate surface area is 171 Å². The van der Waals surface area contributed by atoms with E-state index in [0.29, 0.717) is 23.1 Å². The molecule has 1 fully saturated rings. The number of carbonyl (C=O) groups is 1. The second-order valence-electron chi connectivity index (χ2n) is 8.27. The highest BCUT2D eigenvalue weighted by Gasteiger charge is 2.27. The predicted octanol–water partition coefficient (Wildman–Crippen LogP) is 3.13. The summed E-state index contributed by atoms with van der Waals surface area (Å²) in [5.74, 6) is 0.669. The second kappa shape index (κ2) is 8.93. The number of nitrogens with one attached hydrogen (secondary N) is 1. The molecule has 0 saturated heterocycles. The Hall–Kier alpha value is -2.44. The summed E-state index contributed by atoms with van der Waals surface area (Å²) in [7, 11) is 3.04. The number of nitrogens with zero attached hydrogens (tertiary/aromatic N) is 3. The van der Waals surface area contributed by atoms with Gasteiger partial charge in [0, 0.05) is 26.2 Å². The first-order chi connectivity index (χ1) is 13.9. The zero-order valence-corrected chi connectivity index (χ0v) is 18.0. The van der Waals surface area contributed by atoms with Crippen LogP contribution in [0.5, 0.6) is 0 Å². The fraction of sp³-hybridized carbons (Fsp3) is 0.636. The highest BCUT2D eigenvalue weighted by Crippen LogP contribution is 2.33. The number of aromatic nitrogens is 3. The van der Waals surface area contributed by atoms with Crippen LogP contribution in [-0.2, 0) is 25.3 Å². The van der Waals surface area contributed by atoms with Gasteiger partial charge in [0.05, 0.1) is 5.69 Å². The predicted molar refractivity (Wildman–Crippen MR) is 115 cm³/mol. The molecule has 29 heavy (non-hydrogen) atoms. The van der Waals surface area contributed by atoms with E-state index in [-0.39, 0.29) is 11.8 Å². The third kappa shape index (κ3) is 4.14. The van der Waals surface area contributed by atoms with Gasteiger partial charge in [-0.1, -0.05) is 33.1 Å². The molecule has 2 aromatic rings. The standard InChI is InChI=1S/C22H32N4O3/c1-5-7-8-14-9-11-16(12-10-14)20(27)24-18-15(6-2)13-23-19-17(18)21(28)26(4)22(29)25(19)3/h13-14,16H,5-12H2,1-4H3,(H,23,24,27). The summed E-state index contributed by atoms with van der Waals surface area (Å²) in [5.41, 5.74) is 0.755. The maximum atomic E-state index is 13.0. The quantitative estimate of drug-likeness (QED) is 0.807. The smallest absolute Gasteiger partial charge is 0.325 e. The Kier molecular flexibility index (Phi) is 6.55. The van der Waals surface area contributed by atoms with Crippen LogP contribution < -0.4 is 16.6 Å². The SMILES string of the molecule is CCCCC1CCC(C(=O)Nc2c(CC)cnc3c2c(=O)n(C)c(=O)n3C)CC1. The van der Waals surface area contributed by atoms with E-state index in [9.17, 15) is 14.4 Å². The van der Waals surface area contributed by atoms with Gasteiger partial charge in [-0.05, 0) is 43.6 Å². The average molecular weight is 401 g/mol. The van der Waals surface area contributed by atoms with Gasteiger partial charge < -0.3 is 5.32 Å². The van der Waals surface area contributed by atoms with E-state index in [2.05, 4.69) is 17.2 Å². The van der Waals surface area contributed by atoms with Crippen LogP contribution >= 0.6 is 0 Å². The molecular weight excluding hydrogens is 368 g/mol. The van der Waals surface area contributed by atoms with E-state index in [1.54, 1.807) is 13.2 Å². The molecule has 0 bridgehead atoms. The molecule has 1 aliphatic carbocycles. The molecule has 0 aliphatic heterocycles. The summed E-state index contributed by atoms with van der Waals surface area (Å²) in [4.78, 5) is 42.5. The molecule has 0 radical (unpaired) electrons. The van der Waals surface area contributed by atoms with E-state index in [4.69, 9.17) is 0 Å². The van der Waals surface area contributed by atoms with Gasteiger partial charge in [0.2, 0.25) is 5.91 Å². The number of amides is 1. The number of carbonyl (C=O) groups excluding carboxylic acids is 1. The summed E-state index contributed by atoms with van der Waals surface area (Å²) >= 11 is 0. The van der Waals surface area contributed by atoms with Crippen molar-refractivity contribution in [1.82, 2.24) is 14.1 Å². The molecule has 0 spiro atoms. The van der Waals surface area contributed by atoms with Gasteiger partial charge in [-0.3, -0.25) is 18.7 Å². The minimum absolute atomic E-state index is 0.0304. The van der Waals surface area contributed by atoms with Gasteiger partial charge in [0.25, 0.3) is 5.56 Å². The van der Waals surface area contributed by atoms with Gasteiger partial charge >= 0.3 is 5.69 Å². The Morgan fingerprint density at radius 1 is 1.14 bits per heavy atom. The molecule has 7 nitrogen and oxygen atoms in total. The number of anilines is 1. The van der Waals surface area contributed by atoms with E-state index in [0.717, 1.165) is 41.7 Å². The molecular formula is C22H32N4O3. The lowest BCUT2D eigenvalue weighted by atomic mass is 9.79. The molecule has 158 valence electrons.